The summed E-state index contributed by atoms with van der Waals surface area (Å²) in [4.78, 5) is 20.4. The molecule has 1 aromatic carbocycles. The number of halogens is 1. The second-order valence-electron chi connectivity index (χ2n) is 7.20. The molecule has 2 fully saturated rings. The van der Waals surface area contributed by atoms with Gasteiger partial charge in [-0.15, -0.1) is 0 Å². The maximum absolute atomic E-state index is 5.99. The van der Waals surface area contributed by atoms with Crippen LogP contribution in [0, 0.1) is 0 Å². The highest BCUT2D eigenvalue weighted by Gasteiger charge is 2.20. The molecule has 0 amide bonds. The molecule has 2 saturated heterocycles. The van der Waals surface area contributed by atoms with E-state index in [2.05, 4.69) is 36.8 Å². The maximum atomic E-state index is 5.99. The van der Waals surface area contributed by atoms with Gasteiger partial charge in [-0.25, -0.2) is 0 Å². The van der Waals surface area contributed by atoms with E-state index in [-0.39, 0.29) is 0 Å². The Morgan fingerprint density at radius 2 is 1.52 bits per heavy atom. The number of benzene rings is 1. The monoisotopic (exact) mass is 387 g/mol. The van der Waals surface area contributed by atoms with Crippen LogP contribution in [-0.4, -0.2) is 59.1 Å². The molecule has 2 N–H and O–H groups in total. The van der Waals surface area contributed by atoms with Crippen molar-refractivity contribution in [2.45, 2.75) is 25.8 Å². The van der Waals surface area contributed by atoms with Crippen molar-refractivity contribution in [2.24, 2.45) is 0 Å². The second kappa shape index (κ2) is 8.27. The van der Waals surface area contributed by atoms with Crippen LogP contribution in [0.1, 0.15) is 25.1 Å². The average Bonchev–Trinajstić information content (AvgIpc) is 2.69. The second-order valence-corrected chi connectivity index (χ2v) is 7.63. The predicted octanol–water partition coefficient (Wildman–Crippen LogP) is 2.42. The highest BCUT2D eigenvalue weighted by molar-refractivity contribution is 6.30. The number of anilines is 3. The molecule has 8 heteroatoms. The first kappa shape index (κ1) is 18.3. The quantitative estimate of drug-likeness (QED) is 0.863. The van der Waals surface area contributed by atoms with Gasteiger partial charge in [-0.2, -0.15) is 15.0 Å². The van der Waals surface area contributed by atoms with Gasteiger partial charge in [0.05, 0.1) is 6.54 Å². The Balaban J connectivity index is 1.37. The number of aromatic nitrogens is 3. The summed E-state index contributed by atoms with van der Waals surface area (Å²) < 4.78 is 0. The zero-order valence-corrected chi connectivity index (χ0v) is 16.3. The van der Waals surface area contributed by atoms with E-state index in [9.17, 15) is 0 Å². The van der Waals surface area contributed by atoms with Crippen molar-refractivity contribution < 1.29 is 0 Å². The number of hydrogen-bond donors (Lipinski definition) is 1. The van der Waals surface area contributed by atoms with Gasteiger partial charge in [0.25, 0.3) is 0 Å². The largest absolute Gasteiger partial charge is 0.369 e. The highest BCUT2D eigenvalue weighted by Crippen LogP contribution is 2.20. The number of nitrogen functional groups attached to an aromatic ring is 1. The number of piperidine rings is 1. The van der Waals surface area contributed by atoms with E-state index in [1.165, 1.54) is 24.9 Å². The van der Waals surface area contributed by atoms with Crippen LogP contribution in [0.15, 0.2) is 24.3 Å². The number of nitrogens with two attached hydrogens (primary N) is 1. The maximum Gasteiger partial charge on any atom is 0.230 e. The Morgan fingerprint density at radius 1 is 0.815 bits per heavy atom. The van der Waals surface area contributed by atoms with E-state index in [1.807, 2.05) is 12.1 Å². The van der Waals surface area contributed by atoms with E-state index in [4.69, 9.17) is 22.3 Å². The van der Waals surface area contributed by atoms with Gasteiger partial charge < -0.3 is 15.5 Å². The molecule has 144 valence electrons. The average molecular weight is 388 g/mol. The molecule has 2 aromatic rings. The Hall–Kier alpha value is -2.12. The summed E-state index contributed by atoms with van der Waals surface area (Å²) in [6, 6.07) is 8.04. The predicted molar refractivity (Wildman–Crippen MR) is 109 cm³/mol. The molecule has 0 aliphatic carbocycles. The van der Waals surface area contributed by atoms with Gasteiger partial charge in [0, 0.05) is 50.0 Å². The lowest BCUT2D eigenvalue weighted by Gasteiger charge is -2.35. The lowest BCUT2D eigenvalue weighted by atomic mass is 10.1. The summed E-state index contributed by atoms with van der Waals surface area (Å²) in [7, 11) is 0. The van der Waals surface area contributed by atoms with Crippen molar-refractivity contribution in [3.05, 3.63) is 35.1 Å². The minimum absolute atomic E-state index is 0.320. The topological polar surface area (TPSA) is 74.4 Å². The summed E-state index contributed by atoms with van der Waals surface area (Å²) in [6.07, 6.45) is 3.66. The number of nitrogens with zero attached hydrogens (tertiary/aromatic N) is 6. The summed E-state index contributed by atoms with van der Waals surface area (Å²) >= 11 is 5.99. The van der Waals surface area contributed by atoms with E-state index in [0.717, 1.165) is 56.1 Å². The number of piperazine rings is 1. The summed E-state index contributed by atoms with van der Waals surface area (Å²) in [5, 5.41) is 0.773. The molecular weight excluding hydrogens is 362 g/mol. The van der Waals surface area contributed by atoms with Crippen LogP contribution in [0.25, 0.3) is 0 Å². The van der Waals surface area contributed by atoms with Crippen molar-refractivity contribution in [1.29, 1.82) is 0 Å². The van der Waals surface area contributed by atoms with E-state index in [0.29, 0.717) is 12.5 Å². The zero-order valence-electron chi connectivity index (χ0n) is 15.5. The minimum atomic E-state index is 0.320. The molecule has 3 heterocycles. The first-order chi connectivity index (χ1) is 13.2. The molecule has 0 saturated carbocycles. The van der Waals surface area contributed by atoms with Gasteiger partial charge in [-0.1, -0.05) is 11.6 Å². The summed E-state index contributed by atoms with van der Waals surface area (Å²) in [5.74, 6) is 1.82. The first-order valence-corrected chi connectivity index (χ1v) is 10.0. The molecule has 7 nitrogen and oxygen atoms in total. The van der Waals surface area contributed by atoms with Crippen LogP contribution < -0.4 is 15.5 Å². The van der Waals surface area contributed by atoms with Crippen LogP contribution in [0.4, 0.5) is 17.6 Å². The van der Waals surface area contributed by atoms with Gasteiger partial charge in [0.15, 0.2) is 0 Å². The fourth-order valence-electron chi connectivity index (χ4n) is 3.75. The SMILES string of the molecule is Nc1nc(CN2CCN(c3ccc(Cl)cc3)CC2)nc(N2CCCCC2)n1. The van der Waals surface area contributed by atoms with E-state index in [1.54, 1.807) is 0 Å². The van der Waals surface area contributed by atoms with Gasteiger partial charge >= 0.3 is 0 Å². The summed E-state index contributed by atoms with van der Waals surface area (Å²) in [6.45, 7) is 6.59. The molecule has 0 radical (unpaired) electrons. The molecule has 27 heavy (non-hydrogen) atoms. The number of rotatable bonds is 4. The minimum Gasteiger partial charge on any atom is -0.369 e. The smallest absolute Gasteiger partial charge is 0.230 e. The Labute approximate surface area is 165 Å². The third-order valence-electron chi connectivity index (χ3n) is 5.26. The third-order valence-corrected chi connectivity index (χ3v) is 5.51. The lowest BCUT2D eigenvalue weighted by molar-refractivity contribution is 0.244. The van der Waals surface area contributed by atoms with Crippen LogP contribution >= 0.6 is 11.6 Å². The van der Waals surface area contributed by atoms with E-state index < -0.39 is 0 Å². The van der Waals surface area contributed by atoms with Crippen LogP contribution in [0.2, 0.25) is 5.02 Å². The van der Waals surface area contributed by atoms with Crippen LogP contribution in [0.5, 0.6) is 0 Å². The molecule has 1 aromatic heterocycles. The van der Waals surface area contributed by atoms with Crippen molar-refractivity contribution in [2.75, 3.05) is 54.8 Å². The normalized spacial score (nSPS) is 18.7. The van der Waals surface area contributed by atoms with Gasteiger partial charge in [0.2, 0.25) is 11.9 Å². The molecular formula is C19H26ClN7. The Bertz CT molecular complexity index is 753. The molecule has 0 spiro atoms. The van der Waals surface area contributed by atoms with Crippen molar-refractivity contribution in [3.63, 3.8) is 0 Å². The molecule has 0 atom stereocenters. The molecule has 2 aliphatic rings. The van der Waals surface area contributed by atoms with Crippen LogP contribution in [-0.2, 0) is 6.54 Å². The van der Waals surface area contributed by atoms with Crippen molar-refractivity contribution >= 4 is 29.2 Å². The standard InChI is InChI=1S/C19H26ClN7/c20-15-4-6-16(7-5-15)26-12-10-25(11-13-26)14-17-22-18(21)24-19(23-17)27-8-2-1-3-9-27/h4-7H,1-3,8-14H2,(H2,21,22,23,24). The van der Waals surface area contributed by atoms with Crippen LogP contribution in [0.3, 0.4) is 0 Å². The van der Waals surface area contributed by atoms with Crippen molar-refractivity contribution in [3.8, 4) is 0 Å². The Kier molecular flexibility index (Phi) is 5.59. The molecule has 0 unspecified atom stereocenters. The fraction of sp³-hybridized carbons (Fsp3) is 0.526. The number of hydrogen-bond acceptors (Lipinski definition) is 7. The van der Waals surface area contributed by atoms with Gasteiger partial charge in [-0.3, -0.25) is 4.90 Å². The van der Waals surface area contributed by atoms with Crippen molar-refractivity contribution in [1.82, 2.24) is 19.9 Å². The summed E-state index contributed by atoms with van der Waals surface area (Å²) in [5.41, 5.74) is 7.17. The zero-order chi connectivity index (χ0) is 18.6. The Morgan fingerprint density at radius 3 is 2.22 bits per heavy atom. The molecule has 4 rings (SSSR count). The molecule has 0 bridgehead atoms. The first-order valence-electron chi connectivity index (χ1n) is 9.66. The highest BCUT2D eigenvalue weighted by atomic mass is 35.5. The van der Waals surface area contributed by atoms with Gasteiger partial charge in [-0.05, 0) is 43.5 Å². The fourth-order valence-corrected chi connectivity index (χ4v) is 3.87. The third kappa shape index (κ3) is 4.59. The van der Waals surface area contributed by atoms with Gasteiger partial charge in [0.1, 0.15) is 5.82 Å². The molecule has 2 aliphatic heterocycles. The van der Waals surface area contributed by atoms with E-state index >= 15 is 0 Å². The lowest BCUT2D eigenvalue weighted by Crippen LogP contribution is -2.46.